The lowest BCUT2D eigenvalue weighted by Gasteiger charge is -2.27. The monoisotopic (exact) mass is 508 g/mol. The summed E-state index contributed by atoms with van der Waals surface area (Å²) in [6.07, 6.45) is 6.89. The molecule has 0 unspecified atom stereocenters. The van der Waals surface area contributed by atoms with Gasteiger partial charge in [-0.15, -0.1) is 11.8 Å². The van der Waals surface area contributed by atoms with Crippen LogP contribution in [-0.4, -0.2) is 40.4 Å². The summed E-state index contributed by atoms with van der Waals surface area (Å²) in [6.45, 7) is 0. The number of carbonyl (C=O) groups is 2. The van der Waals surface area contributed by atoms with Gasteiger partial charge in [-0.1, -0.05) is 30.0 Å². The second kappa shape index (κ2) is 12.2. The Morgan fingerprint density at radius 1 is 1.00 bits per heavy atom. The normalized spacial score (nSPS) is 17.6. The van der Waals surface area contributed by atoms with Crippen molar-refractivity contribution in [2.75, 3.05) is 12.4 Å². The molecule has 0 aliphatic heterocycles. The summed E-state index contributed by atoms with van der Waals surface area (Å²) >= 11 is 3.53. The van der Waals surface area contributed by atoms with Gasteiger partial charge in [0.25, 0.3) is 0 Å². The summed E-state index contributed by atoms with van der Waals surface area (Å²) in [5.74, 6) is -1.37. The van der Waals surface area contributed by atoms with Crippen LogP contribution >= 0.6 is 23.5 Å². The topological polar surface area (TPSA) is 88.5 Å². The highest BCUT2D eigenvalue weighted by Gasteiger charge is 2.21. The molecule has 4 rings (SSSR count). The Balaban J connectivity index is 1.27. The van der Waals surface area contributed by atoms with Gasteiger partial charge in [0.15, 0.2) is 0 Å². The molecule has 6 nitrogen and oxygen atoms in total. The van der Waals surface area contributed by atoms with Gasteiger partial charge in [0, 0.05) is 28.3 Å². The maximum atomic E-state index is 12.4. The van der Waals surface area contributed by atoms with Crippen LogP contribution in [0.1, 0.15) is 41.6 Å². The first kappa shape index (κ1) is 25.3. The van der Waals surface area contributed by atoms with Gasteiger partial charge < -0.3 is 15.2 Å². The van der Waals surface area contributed by atoms with Gasteiger partial charge in [-0.05, 0) is 73.7 Å². The van der Waals surface area contributed by atoms with Crippen molar-refractivity contribution in [3.63, 3.8) is 0 Å². The van der Waals surface area contributed by atoms with Crippen molar-refractivity contribution in [1.82, 2.24) is 4.98 Å². The van der Waals surface area contributed by atoms with Gasteiger partial charge in [0.05, 0.1) is 23.8 Å². The van der Waals surface area contributed by atoms with E-state index in [1.165, 1.54) is 23.8 Å². The Hall–Kier alpha value is -2.81. The number of anilines is 1. The molecule has 0 radical (unpaired) electrons. The van der Waals surface area contributed by atoms with Crippen LogP contribution in [0.5, 0.6) is 0 Å². The third kappa shape index (κ3) is 7.34. The molecule has 0 saturated heterocycles. The number of carboxylic acid groups (broad SMARTS) is 1. The lowest BCUT2D eigenvalue weighted by Crippen LogP contribution is -2.21. The molecule has 1 aliphatic rings. The molecule has 182 valence electrons. The molecule has 0 spiro atoms. The van der Waals surface area contributed by atoms with Crippen LogP contribution in [0.4, 0.5) is 5.69 Å². The van der Waals surface area contributed by atoms with E-state index in [1.807, 2.05) is 23.9 Å². The minimum atomic E-state index is -1.08. The first-order valence-electron chi connectivity index (χ1n) is 11.5. The summed E-state index contributed by atoms with van der Waals surface area (Å²) in [4.78, 5) is 30.6. The van der Waals surface area contributed by atoms with Crippen LogP contribution < -0.4 is 5.32 Å². The van der Waals surface area contributed by atoms with E-state index in [2.05, 4.69) is 34.6 Å². The van der Waals surface area contributed by atoms with Crippen molar-refractivity contribution >= 4 is 41.1 Å². The average molecular weight is 509 g/mol. The molecule has 2 aromatic carbocycles. The fourth-order valence-corrected chi connectivity index (χ4v) is 5.96. The highest BCUT2D eigenvalue weighted by Crippen LogP contribution is 2.36. The van der Waals surface area contributed by atoms with Crippen molar-refractivity contribution in [2.45, 2.75) is 58.3 Å². The maximum Gasteiger partial charge on any atom is 0.337 e. The number of nitrogens with one attached hydrogen (secondary N) is 1. The van der Waals surface area contributed by atoms with Gasteiger partial charge in [0.1, 0.15) is 5.03 Å². The van der Waals surface area contributed by atoms with Gasteiger partial charge in [-0.3, -0.25) is 4.79 Å². The van der Waals surface area contributed by atoms with E-state index < -0.39 is 5.97 Å². The van der Waals surface area contributed by atoms with Crippen molar-refractivity contribution in [3.8, 4) is 0 Å². The Morgan fingerprint density at radius 3 is 2.37 bits per heavy atom. The Kier molecular flexibility index (Phi) is 8.84. The third-order valence-corrected chi connectivity index (χ3v) is 8.20. The van der Waals surface area contributed by atoms with E-state index in [4.69, 9.17) is 4.74 Å². The second-order valence-corrected chi connectivity index (χ2v) is 10.9. The number of aromatic carboxylic acids is 1. The molecule has 1 saturated carbocycles. The van der Waals surface area contributed by atoms with Crippen LogP contribution in [0.2, 0.25) is 0 Å². The minimum Gasteiger partial charge on any atom is -0.478 e. The molecule has 0 bridgehead atoms. The fourth-order valence-electron chi connectivity index (χ4n) is 4.02. The number of thioether (sulfide) groups is 1. The van der Waals surface area contributed by atoms with E-state index in [0.29, 0.717) is 11.4 Å². The first-order valence-corrected chi connectivity index (χ1v) is 13.2. The van der Waals surface area contributed by atoms with E-state index in [1.54, 1.807) is 43.3 Å². The number of methoxy groups -OCH3 is 1. The van der Waals surface area contributed by atoms with E-state index >= 15 is 0 Å². The molecule has 1 fully saturated rings. The first-order chi connectivity index (χ1) is 17.0. The number of rotatable bonds is 9. The number of hydrogen-bond donors (Lipinski definition) is 2. The van der Waals surface area contributed by atoms with Crippen LogP contribution in [0.3, 0.4) is 0 Å². The average Bonchev–Trinajstić information content (AvgIpc) is 2.87. The van der Waals surface area contributed by atoms with Crippen LogP contribution in [-0.2, 0) is 16.0 Å². The highest BCUT2D eigenvalue weighted by atomic mass is 32.2. The summed E-state index contributed by atoms with van der Waals surface area (Å²) in [6, 6.07) is 18.7. The number of ether oxygens (including phenoxy) is 1. The van der Waals surface area contributed by atoms with Crippen molar-refractivity contribution in [2.24, 2.45) is 0 Å². The van der Waals surface area contributed by atoms with Crippen LogP contribution in [0, 0.1) is 0 Å². The largest absolute Gasteiger partial charge is 0.478 e. The molecule has 1 aliphatic carbocycles. The third-order valence-electron chi connectivity index (χ3n) is 5.90. The lowest BCUT2D eigenvalue weighted by molar-refractivity contribution is -0.115. The SMILES string of the molecule is COC1CCC(Sc2ccc(Sc3ccc(CC(=O)Nc4ccccc4C(=O)O)cn3)cc2)CC1. The Morgan fingerprint density at radius 2 is 1.71 bits per heavy atom. The predicted octanol–water partition coefficient (Wildman–Crippen LogP) is 6.16. The van der Waals surface area contributed by atoms with Crippen molar-refractivity contribution in [1.29, 1.82) is 0 Å². The fraction of sp³-hybridized carbons (Fsp3) is 0.296. The molecule has 1 amide bonds. The highest BCUT2D eigenvalue weighted by molar-refractivity contribution is 8.00. The number of aromatic nitrogens is 1. The summed E-state index contributed by atoms with van der Waals surface area (Å²) < 4.78 is 5.47. The quantitative estimate of drug-likeness (QED) is 0.358. The molecule has 35 heavy (non-hydrogen) atoms. The zero-order valence-corrected chi connectivity index (χ0v) is 21.1. The van der Waals surface area contributed by atoms with Crippen LogP contribution in [0.15, 0.2) is 81.7 Å². The molecule has 1 heterocycles. The molecule has 8 heteroatoms. The molecular formula is C27H28N2O4S2. The summed E-state index contributed by atoms with van der Waals surface area (Å²) in [7, 11) is 1.80. The molecule has 1 aromatic heterocycles. The van der Waals surface area contributed by atoms with E-state index in [0.717, 1.165) is 28.3 Å². The predicted molar refractivity (Wildman–Crippen MR) is 139 cm³/mol. The number of benzene rings is 2. The second-order valence-electron chi connectivity index (χ2n) is 8.41. The van der Waals surface area contributed by atoms with Gasteiger partial charge in [-0.2, -0.15) is 0 Å². The minimum absolute atomic E-state index is 0.0635. The number of carboxylic acids is 1. The number of hydrogen-bond acceptors (Lipinski definition) is 6. The van der Waals surface area contributed by atoms with E-state index in [-0.39, 0.29) is 23.6 Å². The molecule has 3 aromatic rings. The van der Waals surface area contributed by atoms with E-state index in [9.17, 15) is 14.7 Å². The number of amides is 1. The molecular weight excluding hydrogens is 480 g/mol. The standard InChI is InChI=1S/C27H28N2O4S2/c1-33-19-7-9-20(10-8-19)34-21-11-13-22(14-12-21)35-26-15-6-18(17-28-26)16-25(30)29-24-5-3-2-4-23(24)27(31)32/h2-6,11-15,17,19-20H,7-10,16H2,1H3,(H,29,30)(H,31,32). The van der Waals surface area contributed by atoms with Crippen molar-refractivity contribution < 1.29 is 19.4 Å². The number of para-hydroxylation sites is 1. The zero-order chi connectivity index (χ0) is 24.6. The van der Waals surface area contributed by atoms with Gasteiger partial charge in [-0.25, -0.2) is 9.78 Å². The Labute approximate surface area is 213 Å². The summed E-state index contributed by atoms with van der Waals surface area (Å²) in [5.41, 5.74) is 1.11. The molecule has 2 N–H and O–H groups in total. The zero-order valence-electron chi connectivity index (χ0n) is 19.5. The molecule has 0 atom stereocenters. The smallest absolute Gasteiger partial charge is 0.337 e. The van der Waals surface area contributed by atoms with Gasteiger partial charge >= 0.3 is 5.97 Å². The van der Waals surface area contributed by atoms with Gasteiger partial charge in [0.2, 0.25) is 5.91 Å². The van der Waals surface area contributed by atoms with Crippen molar-refractivity contribution in [3.05, 3.63) is 78.0 Å². The maximum absolute atomic E-state index is 12.4. The summed E-state index contributed by atoms with van der Waals surface area (Å²) in [5, 5.41) is 13.4. The Bertz CT molecular complexity index is 1140. The van der Waals surface area contributed by atoms with Crippen LogP contribution in [0.25, 0.3) is 0 Å². The number of pyridine rings is 1. The lowest BCUT2D eigenvalue weighted by atomic mass is 9.97. The number of carbonyl (C=O) groups excluding carboxylic acids is 1. The number of nitrogens with zero attached hydrogens (tertiary/aromatic N) is 1.